The van der Waals surface area contributed by atoms with Gasteiger partial charge in [0.15, 0.2) is 0 Å². The van der Waals surface area contributed by atoms with Gasteiger partial charge in [0.1, 0.15) is 0 Å². The molecule has 2 aromatic carbocycles. The average Bonchev–Trinajstić information content (AvgIpc) is 2.28. The fourth-order valence-electron chi connectivity index (χ4n) is 2.20. The molecule has 2 heteroatoms. The lowest BCUT2D eigenvalue weighted by Crippen LogP contribution is -1.99. The van der Waals surface area contributed by atoms with E-state index in [9.17, 15) is 0 Å². The summed E-state index contributed by atoms with van der Waals surface area (Å²) in [5, 5.41) is -0.0845. The van der Waals surface area contributed by atoms with Gasteiger partial charge in [-0.2, -0.15) is 0 Å². The van der Waals surface area contributed by atoms with Crippen LogP contribution in [0.5, 0.6) is 0 Å². The summed E-state index contributed by atoms with van der Waals surface area (Å²) in [6.45, 7) is 6.32. The topological polar surface area (TPSA) is 0 Å². The first kappa shape index (κ1) is 13.6. The maximum Gasteiger partial charge on any atom is 0.0840 e. The maximum absolute atomic E-state index is 6.63. The number of alkyl halides is 1. The van der Waals surface area contributed by atoms with Crippen molar-refractivity contribution in [2.45, 2.75) is 26.1 Å². The van der Waals surface area contributed by atoms with Gasteiger partial charge >= 0.3 is 0 Å². The first-order valence-corrected chi connectivity index (χ1v) is 7.19. The van der Waals surface area contributed by atoms with Crippen molar-refractivity contribution < 1.29 is 0 Å². The van der Waals surface area contributed by atoms with E-state index in [0.717, 1.165) is 4.47 Å². The van der Waals surface area contributed by atoms with E-state index in [4.69, 9.17) is 11.6 Å². The minimum Gasteiger partial charge on any atom is -0.113 e. The Morgan fingerprint density at radius 2 is 1.44 bits per heavy atom. The van der Waals surface area contributed by atoms with Gasteiger partial charge in [0, 0.05) is 4.47 Å². The number of hydrogen-bond donors (Lipinski definition) is 0. The smallest absolute Gasteiger partial charge is 0.0840 e. The molecule has 0 bridgehead atoms. The Kier molecular flexibility index (Phi) is 4.14. The van der Waals surface area contributed by atoms with Crippen molar-refractivity contribution in [1.29, 1.82) is 0 Å². The van der Waals surface area contributed by atoms with Gasteiger partial charge in [-0.05, 0) is 55.2 Å². The lowest BCUT2D eigenvalue weighted by Gasteiger charge is -2.16. The summed E-state index contributed by atoms with van der Waals surface area (Å²) in [6, 6.07) is 12.7. The van der Waals surface area contributed by atoms with Crippen LogP contribution in [0.2, 0.25) is 0 Å². The van der Waals surface area contributed by atoms with Crippen molar-refractivity contribution in [2.75, 3.05) is 0 Å². The van der Waals surface area contributed by atoms with Gasteiger partial charge in [-0.25, -0.2) is 0 Å². The van der Waals surface area contributed by atoms with Gasteiger partial charge in [-0.1, -0.05) is 45.8 Å². The molecule has 1 unspecified atom stereocenters. The zero-order valence-corrected chi connectivity index (χ0v) is 13.1. The fourth-order valence-corrected chi connectivity index (χ4v) is 3.17. The molecule has 0 saturated heterocycles. The summed E-state index contributed by atoms with van der Waals surface area (Å²) in [5.74, 6) is 0. The highest BCUT2D eigenvalue weighted by molar-refractivity contribution is 9.10. The molecule has 0 aliphatic heterocycles. The molecule has 0 aliphatic rings. The SMILES string of the molecule is Cc1ccc(C(Cl)c2ccc(Br)cc2C)c(C)c1. The van der Waals surface area contributed by atoms with Crippen molar-refractivity contribution in [3.63, 3.8) is 0 Å². The van der Waals surface area contributed by atoms with Crippen LogP contribution in [-0.2, 0) is 0 Å². The Morgan fingerprint density at radius 3 is 2.00 bits per heavy atom. The third-order valence-corrected chi connectivity index (χ3v) is 4.17. The van der Waals surface area contributed by atoms with Gasteiger partial charge < -0.3 is 0 Å². The van der Waals surface area contributed by atoms with Crippen molar-refractivity contribution in [3.05, 3.63) is 68.7 Å². The molecule has 0 amide bonds. The van der Waals surface area contributed by atoms with E-state index in [1.165, 1.54) is 27.8 Å². The Bertz CT molecular complexity index is 524. The van der Waals surface area contributed by atoms with Crippen molar-refractivity contribution in [2.24, 2.45) is 0 Å². The molecule has 0 N–H and O–H groups in total. The molecule has 1 atom stereocenters. The first-order valence-electron chi connectivity index (χ1n) is 5.96. The van der Waals surface area contributed by atoms with E-state index in [1.807, 2.05) is 6.07 Å². The molecule has 0 nitrogen and oxygen atoms in total. The molecule has 0 saturated carbocycles. The minimum atomic E-state index is -0.0845. The molecular weight excluding hydrogens is 308 g/mol. The van der Waals surface area contributed by atoms with Crippen LogP contribution in [0.1, 0.15) is 33.2 Å². The highest BCUT2D eigenvalue weighted by Gasteiger charge is 2.15. The van der Waals surface area contributed by atoms with E-state index in [-0.39, 0.29) is 5.38 Å². The third-order valence-electron chi connectivity index (χ3n) is 3.20. The van der Waals surface area contributed by atoms with Crippen LogP contribution in [0, 0.1) is 20.8 Å². The Morgan fingerprint density at radius 1 is 0.889 bits per heavy atom. The van der Waals surface area contributed by atoms with Crippen LogP contribution in [0.4, 0.5) is 0 Å². The van der Waals surface area contributed by atoms with Crippen LogP contribution < -0.4 is 0 Å². The monoisotopic (exact) mass is 322 g/mol. The molecule has 18 heavy (non-hydrogen) atoms. The second-order valence-corrected chi connectivity index (χ2v) is 6.08. The highest BCUT2D eigenvalue weighted by Crippen LogP contribution is 2.34. The predicted octanol–water partition coefficient (Wildman–Crippen LogP) is 5.70. The summed E-state index contributed by atoms with van der Waals surface area (Å²) in [4.78, 5) is 0. The maximum atomic E-state index is 6.63. The Hall–Kier alpha value is -0.790. The molecule has 2 rings (SSSR count). The number of hydrogen-bond acceptors (Lipinski definition) is 0. The normalized spacial score (nSPS) is 12.5. The van der Waals surface area contributed by atoms with Crippen molar-refractivity contribution in [3.8, 4) is 0 Å². The Balaban J connectivity index is 2.44. The summed E-state index contributed by atoms with van der Waals surface area (Å²) < 4.78 is 1.09. The van der Waals surface area contributed by atoms with Crippen LogP contribution in [-0.4, -0.2) is 0 Å². The molecule has 2 aromatic rings. The number of benzene rings is 2. The van der Waals surface area contributed by atoms with Gasteiger partial charge in [0.05, 0.1) is 5.38 Å². The van der Waals surface area contributed by atoms with E-state index in [2.05, 4.69) is 67.0 Å². The van der Waals surface area contributed by atoms with Crippen LogP contribution >= 0.6 is 27.5 Å². The van der Waals surface area contributed by atoms with Crippen LogP contribution in [0.15, 0.2) is 40.9 Å². The van der Waals surface area contributed by atoms with E-state index in [0.29, 0.717) is 0 Å². The fraction of sp³-hybridized carbons (Fsp3) is 0.250. The third kappa shape index (κ3) is 2.78. The largest absolute Gasteiger partial charge is 0.113 e. The summed E-state index contributed by atoms with van der Waals surface area (Å²) in [6.07, 6.45) is 0. The van der Waals surface area contributed by atoms with Gasteiger partial charge in [-0.3, -0.25) is 0 Å². The molecule has 0 fully saturated rings. The van der Waals surface area contributed by atoms with Gasteiger partial charge in [0.2, 0.25) is 0 Å². The van der Waals surface area contributed by atoms with Crippen molar-refractivity contribution >= 4 is 27.5 Å². The zero-order chi connectivity index (χ0) is 13.3. The lowest BCUT2D eigenvalue weighted by molar-refractivity contribution is 1.08. The second-order valence-electron chi connectivity index (χ2n) is 4.72. The van der Waals surface area contributed by atoms with Crippen LogP contribution in [0.25, 0.3) is 0 Å². The van der Waals surface area contributed by atoms with E-state index < -0.39 is 0 Å². The predicted molar refractivity (Wildman–Crippen MR) is 82.5 cm³/mol. The molecule has 94 valence electrons. The molecule has 0 radical (unpaired) electrons. The highest BCUT2D eigenvalue weighted by atomic mass is 79.9. The molecule has 0 aromatic heterocycles. The zero-order valence-electron chi connectivity index (χ0n) is 10.8. The average molecular weight is 324 g/mol. The van der Waals surface area contributed by atoms with Crippen LogP contribution in [0.3, 0.4) is 0 Å². The summed E-state index contributed by atoms with van der Waals surface area (Å²) >= 11 is 10.1. The Labute approximate surface area is 122 Å². The summed E-state index contributed by atoms with van der Waals surface area (Å²) in [7, 11) is 0. The lowest BCUT2D eigenvalue weighted by atomic mass is 9.96. The van der Waals surface area contributed by atoms with Gasteiger partial charge in [-0.15, -0.1) is 11.6 Å². The standard InChI is InChI=1S/C16H16BrCl/c1-10-4-6-14(11(2)8-10)16(18)15-7-5-13(17)9-12(15)3/h4-9,16H,1-3H3. The second kappa shape index (κ2) is 5.46. The number of rotatable bonds is 2. The van der Waals surface area contributed by atoms with Crippen molar-refractivity contribution in [1.82, 2.24) is 0 Å². The van der Waals surface area contributed by atoms with Gasteiger partial charge in [0.25, 0.3) is 0 Å². The quantitative estimate of drug-likeness (QED) is 0.622. The summed E-state index contributed by atoms with van der Waals surface area (Å²) in [5.41, 5.74) is 6.09. The molecule has 0 heterocycles. The first-order chi connectivity index (χ1) is 8.49. The molecule has 0 aliphatic carbocycles. The van der Waals surface area contributed by atoms with E-state index in [1.54, 1.807) is 0 Å². The molecule has 0 spiro atoms. The number of aryl methyl sites for hydroxylation is 3. The number of halogens is 2. The molecular formula is C16H16BrCl. The van der Waals surface area contributed by atoms with E-state index >= 15 is 0 Å². The minimum absolute atomic E-state index is 0.0845.